The number of rotatable bonds is 7. The molecule has 1 aromatic rings. The van der Waals surface area contributed by atoms with Crippen molar-refractivity contribution in [2.24, 2.45) is 0 Å². The molecule has 0 saturated heterocycles. The summed E-state index contributed by atoms with van der Waals surface area (Å²) in [6.07, 6.45) is 1.84. The van der Waals surface area contributed by atoms with Gasteiger partial charge in [-0.25, -0.2) is 4.79 Å². The Balaban J connectivity index is 2.78. The van der Waals surface area contributed by atoms with Gasteiger partial charge in [-0.2, -0.15) is 0 Å². The molecule has 5 heteroatoms. The smallest absolute Gasteiger partial charge is 0.337 e. The van der Waals surface area contributed by atoms with Crippen molar-refractivity contribution in [3.8, 4) is 0 Å². The number of nitrogens with zero attached hydrogens (tertiary/aromatic N) is 1. The predicted octanol–water partition coefficient (Wildman–Crippen LogP) is 2.37. The van der Waals surface area contributed by atoms with Gasteiger partial charge in [0.25, 0.3) is 5.56 Å². The van der Waals surface area contributed by atoms with Gasteiger partial charge in [-0.05, 0) is 46.1 Å². The van der Waals surface area contributed by atoms with Gasteiger partial charge in [-0.1, -0.05) is 0 Å². The lowest BCUT2D eigenvalue weighted by molar-refractivity contribution is 0.0692. The van der Waals surface area contributed by atoms with Crippen LogP contribution in [0.15, 0.2) is 10.9 Å². The molecular formula is C15H23NO4. The van der Waals surface area contributed by atoms with E-state index < -0.39 is 5.97 Å². The highest BCUT2D eigenvalue weighted by atomic mass is 16.5. The van der Waals surface area contributed by atoms with E-state index in [2.05, 4.69) is 0 Å². The molecule has 0 aliphatic heterocycles. The molecule has 0 aliphatic rings. The Bertz CT molecular complexity index is 531. The van der Waals surface area contributed by atoms with Gasteiger partial charge >= 0.3 is 5.97 Å². The fourth-order valence-corrected chi connectivity index (χ4v) is 2.21. The number of hydrogen-bond acceptors (Lipinski definition) is 3. The Morgan fingerprint density at radius 1 is 1.35 bits per heavy atom. The first-order valence-corrected chi connectivity index (χ1v) is 6.90. The molecule has 0 radical (unpaired) electrons. The molecule has 1 heterocycles. The summed E-state index contributed by atoms with van der Waals surface area (Å²) < 4.78 is 6.97. The number of carboxylic acids is 1. The van der Waals surface area contributed by atoms with E-state index in [0.717, 1.165) is 12.8 Å². The molecule has 1 aromatic heterocycles. The first kappa shape index (κ1) is 16.4. The van der Waals surface area contributed by atoms with E-state index in [4.69, 9.17) is 4.74 Å². The lowest BCUT2D eigenvalue weighted by atomic mass is 10.1. The highest BCUT2D eigenvalue weighted by Crippen LogP contribution is 2.12. The van der Waals surface area contributed by atoms with Gasteiger partial charge in [0, 0.05) is 24.9 Å². The predicted molar refractivity (Wildman–Crippen MR) is 77.5 cm³/mol. The topological polar surface area (TPSA) is 68.5 Å². The Labute approximate surface area is 119 Å². The number of aromatic nitrogens is 1. The average molecular weight is 281 g/mol. The molecule has 0 fully saturated rings. The van der Waals surface area contributed by atoms with Crippen LogP contribution < -0.4 is 5.56 Å². The molecule has 0 amide bonds. The minimum Gasteiger partial charge on any atom is -0.478 e. The number of carboxylic acid groups (broad SMARTS) is 1. The zero-order valence-electron chi connectivity index (χ0n) is 12.6. The molecular weight excluding hydrogens is 258 g/mol. The van der Waals surface area contributed by atoms with Crippen LogP contribution in [0.3, 0.4) is 0 Å². The zero-order chi connectivity index (χ0) is 15.3. The standard InChI is InChI=1S/C15H23NO4/c1-10(2)20-8-6-5-7-16-12(4)14(15(18)19)11(3)9-13(16)17/h9-10H,5-8H2,1-4H3,(H,18,19). The minimum absolute atomic E-state index is 0.144. The van der Waals surface area contributed by atoms with Crippen molar-refractivity contribution < 1.29 is 14.6 Å². The van der Waals surface area contributed by atoms with Crippen LogP contribution in [-0.4, -0.2) is 28.4 Å². The molecule has 0 unspecified atom stereocenters. The quantitative estimate of drug-likeness (QED) is 0.779. The maximum atomic E-state index is 11.9. The number of aromatic carboxylic acids is 1. The van der Waals surface area contributed by atoms with Crippen molar-refractivity contribution >= 4 is 5.97 Å². The van der Waals surface area contributed by atoms with Crippen molar-refractivity contribution in [3.05, 3.63) is 33.2 Å². The summed E-state index contributed by atoms with van der Waals surface area (Å²) in [6.45, 7) is 8.47. The van der Waals surface area contributed by atoms with E-state index in [1.165, 1.54) is 10.6 Å². The minimum atomic E-state index is -0.989. The summed E-state index contributed by atoms with van der Waals surface area (Å²) in [5.74, 6) is -0.989. The number of pyridine rings is 1. The zero-order valence-corrected chi connectivity index (χ0v) is 12.6. The summed E-state index contributed by atoms with van der Waals surface area (Å²) in [5, 5.41) is 9.20. The molecule has 1 rings (SSSR count). The molecule has 0 spiro atoms. The molecule has 0 aromatic carbocycles. The molecule has 20 heavy (non-hydrogen) atoms. The summed E-state index contributed by atoms with van der Waals surface area (Å²) in [5.41, 5.74) is 1.12. The van der Waals surface area contributed by atoms with E-state index in [1.54, 1.807) is 13.8 Å². The Morgan fingerprint density at radius 3 is 2.55 bits per heavy atom. The van der Waals surface area contributed by atoms with Crippen LogP contribution in [0.2, 0.25) is 0 Å². The van der Waals surface area contributed by atoms with Gasteiger partial charge < -0.3 is 14.4 Å². The van der Waals surface area contributed by atoms with Crippen LogP contribution in [0.5, 0.6) is 0 Å². The third-order valence-electron chi connectivity index (χ3n) is 3.21. The number of ether oxygens (including phenoxy) is 1. The first-order valence-electron chi connectivity index (χ1n) is 6.90. The van der Waals surface area contributed by atoms with Crippen LogP contribution in [0.4, 0.5) is 0 Å². The van der Waals surface area contributed by atoms with Crippen molar-refractivity contribution in [1.29, 1.82) is 0 Å². The highest BCUT2D eigenvalue weighted by molar-refractivity contribution is 5.90. The Morgan fingerprint density at radius 2 is 2.00 bits per heavy atom. The van der Waals surface area contributed by atoms with Gasteiger partial charge in [0.1, 0.15) is 0 Å². The van der Waals surface area contributed by atoms with Crippen molar-refractivity contribution in [3.63, 3.8) is 0 Å². The van der Waals surface area contributed by atoms with E-state index in [0.29, 0.717) is 24.4 Å². The number of unbranched alkanes of at least 4 members (excludes halogenated alkanes) is 1. The van der Waals surface area contributed by atoms with Gasteiger partial charge in [0.15, 0.2) is 0 Å². The molecule has 5 nitrogen and oxygen atoms in total. The molecule has 0 aliphatic carbocycles. The maximum absolute atomic E-state index is 11.9. The molecule has 0 saturated carbocycles. The van der Waals surface area contributed by atoms with Crippen LogP contribution in [0.1, 0.15) is 48.3 Å². The third kappa shape index (κ3) is 4.20. The molecule has 0 atom stereocenters. The van der Waals surface area contributed by atoms with Crippen molar-refractivity contribution in [2.45, 2.75) is 53.2 Å². The average Bonchev–Trinajstić information content (AvgIpc) is 2.30. The highest BCUT2D eigenvalue weighted by Gasteiger charge is 2.15. The van der Waals surface area contributed by atoms with Crippen LogP contribution in [0.25, 0.3) is 0 Å². The largest absolute Gasteiger partial charge is 0.478 e. The summed E-state index contributed by atoms with van der Waals surface area (Å²) >= 11 is 0. The van der Waals surface area contributed by atoms with E-state index in [9.17, 15) is 14.7 Å². The second-order valence-electron chi connectivity index (χ2n) is 5.21. The summed E-state index contributed by atoms with van der Waals surface area (Å²) in [6, 6.07) is 1.39. The normalized spacial score (nSPS) is 11.1. The van der Waals surface area contributed by atoms with Gasteiger partial charge in [-0.15, -0.1) is 0 Å². The maximum Gasteiger partial charge on any atom is 0.337 e. The van der Waals surface area contributed by atoms with E-state index >= 15 is 0 Å². The summed E-state index contributed by atoms with van der Waals surface area (Å²) in [7, 11) is 0. The van der Waals surface area contributed by atoms with Crippen molar-refractivity contribution in [2.75, 3.05) is 6.61 Å². The molecule has 112 valence electrons. The number of hydrogen-bond donors (Lipinski definition) is 1. The van der Waals surface area contributed by atoms with Crippen molar-refractivity contribution in [1.82, 2.24) is 4.57 Å². The number of aryl methyl sites for hydroxylation is 1. The van der Waals surface area contributed by atoms with E-state index in [-0.39, 0.29) is 17.2 Å². The van der Waals surface area contributed by atoms with Gasteiger partial charge in [-0.3, -0.25) is 4.79 Å². The Kier molecular flexibility index (Phi) is 5.95. The fourth-order valence-electron chi connectivity index (χ4n) is 2.21. The van der Waals surface area contributed by atoms with Crippen LogP contribution in [0, 0.1) is 13.8 Å². The lowest BCUT2D eigenvalue weighted by Crippen LogP contribution is -2.25. The summed E-state index contributed by atoms with van der Waals surface area (Å²) in [4.78, 5) is 23.2. The van der Waals surface area contributed by atoms with Crippen LogP contribution in [-0.2, 0) is 11.3 Å². The monoisotopic (exact) mass is 281 g/mol. The Hall–Kier alpha value is -1.62. The second-order valence-corrected chi connectivity index (χ2v) is 5.21. The molecule has 0 bridgehead atoms. The fraction of sp³-hybridized carbons (Fsp3) is 0.600. The first-order chi connectivity index (χ1) is 9.34. The number of carbonyl (C=O) groups is 1. The van der Waals surface area contributed by atoms with Gasteiger partial charge in [0.2, 0.25) is 0 Å². The lowest BCUT2D eigenvalue weighted by Gasteiger charge is -2.14. The van der Waals surface area contributed by atoms with Crippen LogP contribution >= 0.6 is 0 Å². The second kappa shape index (κ2) is 7.24. The SMILES string of the molecule is Cc1cc(=O)n(CCCCOC(C)C)c(C)c1C(=O)O. The molecule has 1 N–H and O–H groups in total. The third-order valence-corrected chi connectivity index (χ3v) is 3.21. The van der Waals surface area contributed by atoms with Gasteiger partial charge in [0.05, 0.1) is 11.7 Å². The van der Waals surface area contributed by atoms with E-state index in [1.807, 2.05) is 13.8 Å².